The zero-order chi connectivity index (χ0) is 14.0. The quantitative estimate of drug-likeness (QED) is 0.723. The van der Waals surface area contributed by atoms with Crippen LogP contribution in [0.25, 0.3) is 0 Å². The van der Waals surface area contributed by atoms with Gasteiger partial charge in [-0.15, -0.1) is 0 Å². The van der Waals surface area contributed by atoms with Gasteiger partial charge in [0, 0.05) is 10.5 Å². The molecule has 106 valence electrons. The molecule has 1 aliphatic rings. The Labute approximate surface area is 123 Å². The van der Waals surface area contributed by atoms with E-state index in [1.165, 1.54) is 0 Å². The Hall–Kier alpha value is -0.420. The maximum atomic E-state index is 13.0. The third kappa shape index (κ3) is 3.78. The van der Waals surface area contributed by atoms with Gasteiger partial charge in [-0.25, -0.2) is 0 Å². The SMILES string of the molecule is FC(F)(F)C1CCCCC1Nc1ccc(Br)cc1Cl. The van der Waals surface area contributed by atoms with E-state index in [1.54, 1.807) is 18.2 Å². The Balaban J connectivity index is 2.15. The summed E-state index contributed by atoms with van der Waals surface area (Å²) in [7, 11) is 0. The molecule has 0 aromatic heterocycles. The van der Waals surface area contributed by atoms with Crippen molar-refractivity contribution in [3.8, 4) is 0 Å². The summed E-state index contributed by atoms with van der Waals surface area (Å²) < 4.78 is 39.7. The zero-order valence-corrected chi connectivity index (χ0v) is 12.4. The van der Waals surface area contributed by atoms with Gasteiger partial charge in [0.2, 0.25) is 0 Å². The van der Waals surface area contributed by atoms with Crippen LogP contribution in [0.2, 0.25) is 5.02 Å². The third-order valence-corrected chi connectivity index (χ3v) is 4.26. The van der Waals surface area contributed by atoms with Gasteiger partial charge < -0.3 is 5.32 Å². The van der Waals surface area contributed by atoms with Crippen LogP contribution in [0, 0.1) is 5.92 Å². The van der Waals surface area contributed by atoms with Crippen LogP contribution < -0.4 is 5.32 Å². The first-order chi connectivity index (χ1) is 8.88. The van der Waals surface area contributed by atoms with E-state index in [9.17, 15) is 13.2 Å². The largest absolute Gasteiger partial charge is 0.393 e. The van der Waals surface area contributed by atoms with Crippen molar-refractivity contribution in [3.05, 3.63) is 27.7 Å². The fourth-order valence-corrected chi connectivity index (χ4v) is 3.23. The highest BCUT2D eigenvalue weighted by atomic mass is 79.9. The van der Waals surface area contributed by atoms with E-state index in [0.29, 0.717) is 23.6 Å². The van der Waals surface area contributed by atoms with Crippen LogP contribution in [-0.2, 0) is 0 Å². The Morgan fingerprint density at radius 2 is 1.89 bits per heavy atom. The van der Waals surface area contributed by atoms with Crippen LogP contribution in [0.4, 0.5) is 18.9 Å². The summed E-state index contributed by atoms with van der Waals surface area (Å²) in [4.78, 5) is 0. The Bertz CT molecular complexity index is 450. The fourth-order valence-electron chi connectivity index (χ4n) is 2.50. The molecule has 0 amide bonds. The summed E-state index contributed by atoms with van der Waals surface area (Å²) in [6, 6.07) is 4.55. The van der Waals surface area contributed by atoms with Crippen molar-refractivity contribution < 1.29 is 13.2 Å². The van der Waals surface area contributed by atoms with Crippen LogP contribution in [0.1, 0.15) is 25.7 Å². The molecule has 1 aromatic carbocycles. The molecular weight excluding hydrogens is 343 g/mol. The number of halogens is 5. The molecule has 2 atom stereocenters. The van der Waals surface area contributed by atoms with Crippen LogP contribution in [-0.4, -0.2) is 12.2 Å². The highest BCUT2D eigenvalue weighted by Gasteiger charge is 2.45. The van der Waals surface area contributed by atoms with E-state index >= 15 is 0 Å². The van der Waals surface area contributed by atoms with Gasteiger partial charge >= 0.3 is 6.18 Å². The lowest BCUT2D eigenvalue weighted by atomic mass is 9.84. The summed E-state index contributed by atoms with van der Waals surface area (Å²) in [6.45, 7) is 0. The second-order valence-electron chi connectivity index (χ2n) is 4.81. The number of alkyl halides is 3. The summed E-state index contributed by atoms with van der Waals surface area (Å²) in [5, 5.41) is 3.39. The van der Waals surface area contributed by atoms with Gasteiger partial charge in [-0.1, -0.05) is 40.4 Å². The van der Waals surface area contributed by atoms with Crippen LogP contribution in [0.15, 0.2) is 22.7 Å². The van der Waals surface area contributed by atoms with Crippen molar-refractivity contribution in [3.63, 3.8) is 0 Å². The van der Waals surface area contributed by atoms with E-state index in [0.717, 1.165) is 10.9 Å². The zero-order valence-electron chi connectivity index (χ0n) is 10.1. The molecule has 0 spiro atoms. The van der Waals surface area contributed by atoms with E-state index in [2.05, 4.69) is 21.2 Å². The molecule has 1 aliphatic carbocycles. The average Bonchev–Trinajstić information content (AvgIpc) is 2.32. The molecule has 1 fully saturated rings. The van der Waals surface area contributed by atoms with Gasteiger partial charge in [-0.2, -0.15) is 13.2 Å². The highest BCUT2D eigenvalue weighted by Crippen LogP contribution is 2.39. The van der Waals surface area contributed by atoms with Crippen molar-refractivity contribution in [1.82, 2.24) is 0 Å². The van der Waals surface area contributed by atoms with Crippen molar-refractivity contribution in [2.45, 2.75) is 37.9 Å². The minimum absolute atomic E-state index is 0.190. The lowest BCUT2D eigenvalue weighted by molar-refractivity contribution is -0.184. The number of hydrogen-bond donors (Lipinski definition) is 1. The first-order valence-electron chi connectivity index (χ1n) is 6.16. The van der Waals surface area contributed by atoms with Crippen molar-refractivity contribution in [1.29, 1.82) is 0 Å². The molecule has 1 nitrogen and oxygen atoms in total. The van der Waals surface area contributed by atoms with Crippen molar-refractivity contribution in [2.24, 2.45) is 5.92 Å². The van der Waals surface area contributed by atoms with Crippen LogP contribution >= 0.6 is 27.5 Å². The van der Waals surface area contributed by atoms with Gasteiger partial charge in [0.1, 0.15) is 0 Å². The average molecular weight is 357 g/mol. The predicted octanol–water partition coefficient (Wildman–Crippen LogP) is 5.64. The second-order valence-corrected chi connectivity index (χ2v) is 6.13. The smallest absolute Gasteiger partial charge is 0.380 e. The molecule has 6 heteroatoms. The maximum Gasteiger partial charge on any atom is 0.393 e. The lowest BCUT2D eigenvalue weighted by Crippen LogP contribution is -2.41. The molecule has 1 aromatic rings. The number of hydrogen-bond acceptors (Lipinski definition) is 1. The van der Waals surface area contributed by atoms with Crippen LogP contribution in [0.5, 0.6) is 0 Å². The Morgan fingerprint density at radius 1 is 1.21 bits per heavy atom. The minimum Gasteiger partial charge on any atom is -0.380 e. The van der Waals surface area contributed by atoms with Crippen molar-refractivity contribution >= 4 is 33.2 Å². The summed E-state index contributed by atoms with van der Waals surface area (Å²) in [5.41, 5.74) is 0.561. The first kappa shape index (κ1) is 15.0. The molecule has 2 unspecified atom stereocenters. The van der Waals surface area contributed by atoms with Gasteiger partial charge in [-0.05, 0) is 31.0 Å². The van der Waals surface area contributed by atoms with Gasteiger partial charge in [-0.3, -0.25) is 0 Å². The van der Waals surface area contributed by atoms with E-state index in [4.69, 9.17) is 11.6 Å². The van der Waals surface area contributed by atoms with Gasteiger partial charge in [0.25, 0.3) is 0 Å². The number of anilines is 1. The Kier molecular flexibility index (Phi) is 4.66. The predicted molar refractivity (Wildman–Crippen MR) is 74.6 cm³/mol. The normalized spacial score (nSPS) is 24.3. The molecule has 0 saturated heterocycles. The van der Waals surface area contributed by atoms with Crippen LogP contribution in [0.3, 0.4) is 0 Å². The number of nitrogens with one attached hydrogen (secondary N) is 1. The molecule has 0 bridgehead atoms. The molecule has 2 rings (SSSR count). The van der Waals surface area contributed by atoms with Gasteiger partial charge in [0.05, 0.1) is 16.6 Å². The topological polar surface area (TPSA) is 12.0 Å². The first-order valence-corrected chi connectivity index (χ1v) is 7.33. The molecule has 0 radical (unpaired) electrons. The molecule has 19 heavy (non-hydrogen) atoms. The second kappa shape index (κ2) is 5.92. The number of benzene rings is 1. The monoisotopic (exact) mass is 355 g/mol. The van der Waals surface area contributed by atoms with E-state index < -0.39 is 18.1 Å². The lowest BCUT2D eigenvalue weighted by Gasteiger charge is -2.34. The third-order valence-electron chi connectivity index (χ3n) is 3.46. The van der Waals surface area contributed by atoms with E-state index in [1.807, 2.05) is 0 Å². The molecular formula is C13H14BrClF3N. The molecule has 0 heterocycles. The number of rotatable bonds is 2. The summed E-state index contributed by atoms with van der Waals surface area (Å²) >= 11 is 9.31. The summed E-state index contributed by atoms with van der Waals surface area (Å²) in [6.07, 6.45) is -1.99. The summed E-state index contributed by atoms with van der Waals surface area (Å²) in [5.74, 6) is -1.29. The van der Waals surface area contributed by atoms with Crippen molar-refractivity contribution in [2.75, 3.05) is 5.32 Å². The molecule has 0 aliphatic heterocycles. The standard InChI is InChI=1S/C13H14BrClF3N/c14-8-5-6-12(10(15)7-8)19-11-4-2-1-3-9(11)13(16,17)18/h5-7,9,11,19H,1-4H2. The molecule has 1 saturated carbocycles. The maximum absolute atomic E-state index is 13.0. The fraction of sp³-hybridized carbons (Fsp3) is 0.538. The van der Waals surface area contributed by atoms with Gasteiger partial charge in [0.15, 0.2) is 0 Å². The Morgan fingerprint density at radius 3 is 2.53 bits per heavy atom. The highest BCUT2D eigenvalue weighted by molar-refractivity contribution is 9.10. The van der Waals surface area contributed by atoms with E-state index in [-0.39, 0.29) is 6.42 Å². The minimum atomic E-state index is -4.15. The molecule has 1 N–H and O–H groups in total.